The van der Waals surface area contributed by atoms with Crippen LogP contribution < -0.4 is 5.32 Å². The fourth-order valence-corrected chi connectivity index (χ4v) is 2.33. The van der Waals surface area contributed by atoms with Crippen LogP contribution in [0.2, 0.25) is 0 Å². The Morgan fingerprint density at radius 2 is 2.36 bits per heavy atom. The Balaban J connectivity index is 2.10. The molecule has 1 saturated carbocycles. The predicted octanol–water partition coefficient (Wildman–Crippen LogP) is -0.576. The number of rotatable bonds is 2. The van der Waals surface area contributed by atoms with Crippen LogP contribution in [0.15, 0.2) is 0 Å². The van der Waals surface area contributed by atoms with Crippen molar-refractivity contribution in [1.82, 2.24) is 10.2 Å². The van der Waals surface area contributed by atoms with Crippen LogP contribution in [0.5, 0.6) is 0 Å². The van der Waals surface area contributed by atoms with Gasteiger partial charge in [-0.05, 0) is 19.3 Å². The van der Waals surface area contributed by atoms with Crippen LogP contribution >= 0.6 is 0 Å². The molecule has 2 rings (SSSR count). The molecule has 1 aliphatic heterocycles. The minimum absolute atomic E-state index is 0.0837. The number of carbonyl (C=O) groups is 2. The summed E-state index contributed by atoms with van der Waals surface area (Å²) in [7, 11) is 0. The lowest BCUT2D eigenvalue weighted by Crippen LogP contribution is -2.44. The maximum atomic E-state index is 11.5. The summed E-state index contributed by atoms with van der Waals surface area (Å²) in [6, 6.07) is 0.543. The molecule has 1 heterocycles. The molecule has 5 nitrogen and oxygen atoms in total. The molecule has 2 bridgehead atoms. The van der Waals surface area contributed by atoms with Crippen LogP contribution in [-0.2, 0) is 9.59 Å². The Morgan fingerprint density at radius 1 is 1.57 bits per heavy atom. The van der Waals surface area contributed by atoms with E-state index in [1.54, 1.807) is 0 Å². The van der Waals surface area contributed by atoms with Gasteiger partial charge in [-0.1, -0.05) is 0 Å². The van der Waals surface area contributed by atoms with E-state index in [0.29, 0.717) is 6.04 Å². The second-order valence-corrected chi connectivity index (χ2v) is 3.96. The smallest absolute Gasteiger partial charge is 0.323 e. The fourth-order valence-electron chi connectivity index (χ4n) is 2.33. The number of carbonyl (C=O) groups excluding carboxylic acids is 1. The zero-order valence-electron chi connectivity index (χ0n) is 7.90. The van der Waals surface area contributed by atoms with Gasteiger partial charge >= 0.3 is 5.97 Å². The van der Waals surface area contributed by atoms with Gasteiger partial charge in [0, 0.05) is 12.1 Å². The van der Waals surface area contributed by atoms with Crippen molar-refractivity contribution in [3.63, 3.8) is 0 Å². The van der Waals surface area contributed by atoms with E-state index >= 15 is 0 Å². The second kappa shape index (κ2) is 3.57. The number of fused-ring (bicyclic) bond motifs is 2. The molecule has 5 heteroatoms. The second-order valence-electron chi connectivity index (χ2n) is 3.96. The summed E-state index contributed by atoms with van der Waals surface area (Å²) in [5.74, 6) is -1.01. The van der Waals surface area contributed by atoms with E-state index in [9.17, 15) is 9.59 Å². The summed E-state index contributed by atoms with van der Waals surface area (Å²) >= 11 is 0. The molecule has 0 radical (unpaired) electrons. The zero-order chi connectivity index (χ0) is 10.1. The van der Waals surface area contributed by atoms with Gasteiger partial charge in [0.1, 0.15) is 6.54 Å². The van der Waals surface area contributed by atoms with Gasteiger partial charge in [-0.2, -0.15) is 0 Å². The largest absolute Gasteiger partial charge is 0.480 e. The molecule has 78 valence electrons. The van der Waals surface area contributed by atoms with E-state index < -0.39 is 5.97 Å². The molecule has 0 spiro atoms. The molecule has 2 unspecified atom stereocenters. The number of carboxylic acid groups (broad SMARTS) is 1. The lowest BCUT2D eigenvalue weighted by molar-refractivity contribution is -0.145. The highest BCUT2D eigenvalue weighted by atomic mass is 16.4. The first kappa shape index (κ1) is 9.45. The van der Waals surface area contributed by atoms with Crippen molar-refractivity contribution >= 4 is 11.9 Å². The molecule has 1 saturated heterocycles. The molecule has 2 aliphatic rings. The zero-order valence-corrected chi connectivity index (χ0v) is 7.90. The average Bonchev–Trinajstić information content (AvgIpc) is 2.52. The van der Waals surface area contributed by atoms with Crippen molar-refractivity contribution in [3.8, 4) is 0 Å². The van der Waals surface area contributed by atoms with E-state index in [-0.39, 0.29) is 25.0 Å². The quantitative estimate of drug-likeness (QED) is 0.623. The van der Waals surface area contributed by atoms with Crippen LogP contribution in [-0.4, -0.2) is 47.1 Å². The van der Waals surface area contributed by atoms with Gasteiger partial charge in [0.15, 0.2) is 0 Å². The molecule has 2 atom stereocenters. The Morgan fingerprint density at radius 3 is 3.07 bits per heavy atom. The molecule has 0 aromatic carbocycles. The molecule has 0 aromatic heterocycles. The first-order valence-electron chi connectivity index (χ1n) is 4.91. The van der Waals surface area contributed by atoms with Crippen LogP contribution in [0.3, 0.4) is 0 Å². The van der Waals surface area contributed by atoms with Crippen molar-refractivity contribution in [2.45, 2.75) is 31.3 Å². The average molecular weight is 198 g/mol. The Bertz CT molecular complexity index is 267. The third kappa shape index (κ3) is 1.72. The molecule has 1 amide bonds. The Hall–Kier alpha value is -1.10. The van der Waals surface area contributed by atoms with Crippen molar-refractivity contribution < 1.29 is 14.7 Å². The lowest BCUT2D eigenvalue weighted by atomic mass is 10.2. The first-order chi connectivity index (χ1) is 6.66. The minimum atomic E-state index is -0.927. The van der Waals surface area contributed by atoms with Gasteiger partial charge in [0.2, 0.25) is 5.91 Å². The number of hydrogen-bond acceptors (Lipinski definition) is 3. The van der Waals surface area contributed by atoms with Crippen molar-refractivity contribution in [2.75, 3.05) is 13.1 Å². The van der Waals surface area contributed by atoms with Gasteiger partial charge < -0.3 is 15.3 Å². The molecule has 1 aliphatic carbocycles. The molecule has 2 fully saturated rings. The first-order valence-corrected chi connectivity index (χ1v) is 4.91. The third-order valence-corrected chi connectivity index (χ3v) is 3.01. The number of carboxylic acids is 1. The normalized spacial score (nSPS) is 31.7. The SMILES string of the molecule is O=C(O)CN1C(=O)CNC2CCC1C2. The molecule has 0 aromatic rings. The van der Waals surface area contributed by atoms with Gasteiger partial charge in [-0.3, -0.25) is 9.59 Å². The van der Waals surface area contributed by atoms with Crippen LogP contribution in [0, 0.1) is 0 Å². The summed E-state index contributed by atoms with van der Waals surface area (Å²) in [5, 5.41) is 11.8. The summed E-state index contributed by atoms with van der Waals surface area (Å²) < 4.78 is 0. The summed E-state index contributed by atoms with van der Waals surface area (Å²) in [6.45, 7) is 0.131. The van der Waals surface area contributed by atoms with E-state index in [1.807, 2.05) is 0 Å². The van der Waals surface area contributed by atoms with Crippen molar-refractivity contribution in [2.24, 2.45) is 0 Å². The van der Waals surface area contributed by atoms with Gasteiger partial charge in [-0.25, -0.2) is 0 Å². The monoisotopic (exact) mass is 198 g/mol. The minimum Gasteiger partial charge on any atom is -0.480 e. The van der Waals surface area contributed by atoms with E-state index in [4.69, 9.17) is 5.11 Å². The van der Waals surface area contributed by atoms with E-state index in [1.165, 1.54) is 4.90 Å². The summed E-state index contributed by atoms with van der Waals surface area (Å²) in [6.07, 6.45) is 2.88. The standard InChI is InChI=1S/C9H14N2O3/c12-8-4-10-6-1-2-7(3-6)11(8)5-9(13)14/h6-7,10H,1-5H2,(H,13,14). The van der Waals surface area contributed by atoms with Crippen molar-refractivity contribution in [3.05, 3.63) is 0 Å². The fraction of sp³-hybridized carbons (Fsp3) is 0.778. The molecule has 14 heavy (non-hydrogen) atoms. The maximum Gasteiger partial charge on any atom is 0.323 e. The van der Waals surface area contributed by atoms with Gasteiger partial charge in [0.25, 0.3) is 0 Å². The van der Waals surface area contributed by atoms with Crippen molar-refractivity contribution in [1.29, 1.82) is 0 Å². The summed E-state index contributed by atoms with van der Waals surface area (Å²) in [5.41, 5.74) is 0. The van der Waals surface area contributed by atoms with Gasteiger partial charge in [0.05, 0.1) is 6.54 Å². The number of aliphatic carboxylic acids is 1. The highest BCUT2D eigenvalue weighted by molar-refractivity contribution is 5.83. The lowest BCUT2D eigenvalue weighted by Gasteiger charge is -2.25. The van der Waals surface area contributed by atoms with E-state index in [0.717, 1.165) is 19.3 Å². The third-order valence-electron chi connectivity index (χ3n) is 3.01. The Labute approximate surface area is 82.1 Å². The maximum absolute atomic E-state index is 11.5. The van der Waals surface area contributed by atoms with Crippen LogP contribution in [0.4, 0.5) is 0 Å². The Kier molecular flexibility index (Phi) is 2.41. The highest BCUT2D eigenvalue weighted by Crippen LogP contribution is 2.26. The molecular weight excluding hydrogens is 184 g/mol. The van der Waals surface area contributed by atoms with Crippen LogP contribution in [0.25, 0.3) is 0 Å². The number of nitrogens with zero attached hydrogens (tertiary/aromatic N) is 1. The van der Waals surface area contributed by atoms with E-state index in [2.05, 4.69) is 5.32 Å². The van der Waals surface area contributed by atoms with Gasteiger partial charge in [-0.15, -0.1) is 0 Å². The summed E-state index contributed by atoms with van der Waals surface area (Å²) in [4.78, 5) is 23.6. The van der Waals surface area contributed by atoms with Crippen LogP contribution in [0.1, 0.15) is 19.3 Å². The number of amides is 1. The molecular formula is C9H14N2O3. The number of nitrogens with one attached hydrogen (secondary N) is 1. The predicted molar refractivity (Wildman–Crippen MR) is 48.8 cm³/mol. The topological polar surface area (TPSA) is 69.6 Å². The highest BCUT2D eigenvalue weighted by Gasteiger charge is 2.35. The molecule has 2 N–H and O–H groups in total. The number of hydrogen-bond donors (Lipinski definition) is 2.